The van der Waals surface area contributed by atoms with E-state index in [4.69, 9.17) is 9.47 Å². The van der Waals surface area contributed by atoms with Crippen LogP contribution in [0.1, 0.15) is 66.2 Å². The van der Waals surface area contributed by atoms with Crippen LogP contribution in [-0.4, -0.2) is 37.0 Å². The maximum absolute atomic E-state index is 6.16. The third kappa shape index (κ3) is 4.44. The molecule has 2 unspecified atom stereocenters. The van der Waals surface area contributed by atoms with Gasteiger partial charge in [-0.15, -0.1) is 0 Å². The molecule has 0 aromatic rings. The average molecular weight is 283 g/mol. The van der Waals surface area contributed by atoms with Crippen LogP contribution in [0.4, 0.5) is 0 Å². The third-order valence-corrected chi connectivity index (χ3v) is 4.78. The summed E-state index contributed by atoms with van der Waals surface area (Å²) >= 11 is 0. The van der Waals surface area contributed by atoms with E-state index in [2.05, 4.69) is 33.0 Å². The zero-order valence-corrected chi connectivity index (χ0v) is 13.8. The highest BCUT2D eigenvalue weighted by Gasteiger charge is 2.42. The second-order valence-corrected chi connectivity index (χ2v) is 7.58. The molecule has 0 amide bonds. The molecule has 3 heteroatoms. The molecule has 1 heterocycles. The Kier molecular flexibility index (Phi) is 5.49. The maximum atomic E-state index is 6.16. The van der Waals surface area contributed by atoms with Gasteiger partial charge in [0.15, 0.2) is 0 Å². The van der Waals surface area contributed by atoms with E-state index >= 15 is 0 Å². The zero-order valence-electron chi connectivity index (χ0n) is 13.8. The lowest BCUT2D eigenvalue weighted by Gasteiger charge is -2.42. The second-order valence-electron chi connectivity index (χ2n) is 7.58. The quantitative estimate of drug-likeness (QED) is 0.837. The van der Waals surface area contributed by atoms with Crippen LogP contribution in [0.15, 0.2) is 0 Å². The molecule has 0 aromatic heterocycles. The smallest absolute Gasteiger partial charge is 0.0685 e. The van der Waals surface area contributed by atoms with Crippen molar-refractivity contribution in [2.75, 3.05) is 19.8 Å². The number of rotatable bonds is 5. The monoisotopic (exact) mass is 283 g/mol. The SMILES string of the molecule is CCNC(COC(C)(C)C)C1CCOC2(CCCC2)C1. The Balaban J connectivity index is 1.93. The molecule has 1 aliphatic carbocycles. The Morgan fingerprint density at radius 2 is 2.00 bits per heavy atom. The molecule has 0 radical (unpaired) electrons. The van der Waals surface area contributed by atoms with Crippen molar-refractivity contribution in [2.45, 2.75) is 83.5 Å². The lowest BCUT2D eigenvalue weighted by atomic mass is 9.80. The standard InChI is InChI=1S/C17H33NO2/c1-5-18-15(13-20-16(2,3)4)14-8-11-19-17(12-14)9-6-7-10-17/h14-15,18H,5-13H2,1-4H3. The molecule has 20 heavy (non-hydrogen) atoms. The molecule has 2 aliphatic rings. The van der Waals surface area contributed by atoms with Crippen molar-refractivity contribution in [3.63, 3.8) is 0 Å². The lowest BCUT2D eigenvalue weighted by molar-refractivity contribution is -0.107. The van der Waals surface area contributed by atoms with Gasteiger partial charge in [-0.2, -0.15) is 0 Å². The van der Waals surface area contributed by atoms with Crippen LogP contribution in [0.2, 0.25) is 0 Å². The molecule has 1 saturated heterocycles. The highest BCUT2D eigenvalue weighted by atomic mass is 16.5. The van der Waals surface area contributed by atoms with E-state index in [0.29, 0.717) is 12.0 Å². The summed E-state index contributed by atoms with van der Waals surface area (Å²) in [6.07, 6.45) is 7.62. The molecule has 3 nitrogen and oxygen atoms in total. The number of hydrogen-bond donors (Lipinski definition) is 1. The summed E-state index contributed by atoms with van der Waals surface area (Å²) in [5, 5.41) is 3.65. The van der Waals surface area contributed by atoms with E-state index in [1.807, 2.05) is 0 Å². The Morgan fingerprint density at radius 1 is 1.30 bits per heavy atom. The third-order valence-electron chi connectivity index (χ3n) is 4.78. The van der Waals surface area contributed by atoms with E-state index in [9.17, 15) is 0 Å². The zero-order chi connectivity index (χ0) is 14.6. The Bertz CT molecular complexity index is 292. The first-order valence-corrected chi connectivity index (χ1v) is 8.45. The molecule has 1 spiro atoms. The first kappa shape index (κ1) is 16.3. The van der Waals surface area contributed by atoms with Crippen LogP contribution in [0, 0.1) is 5.92 Å². The molecule has 0 bridgehead atoms. The number of likely N-dealkylation sites (N-methyl/N-ethyl adjacent to an activating group) is 1. The topological polar surface area (TPSA) is 30.5 Å². The molecule has 1 saturated carbocycles. The summed E-state index contributed by atoms with van der Waals surface area (Å²) in [7, 11) is 0. The van der Waals surface area contributed by atoms with Crippen LogP contribution in [0.3, 0.4) is 0 Å². The minimum atomic E-state index is -0.0517. The van der Waals surface area contributed by atoms with Crippen molar-refractivity contribution in [1.29, 1.82) is 0 Å². The fraction of sp³-hybridized carbons (Fsp3) is 1.00. The fourth-order valence-corrected chi connectivity index (χ4v) is 3.74. The van der Waals surface area contributed by atoms with E-state index in [0.717, 1.165) is 19.8 Å². The van der Waals surface area contributed by atoms with E-state index < -0.39 is 0 Å². The Morgan fingerprint density at radius 3 is 2.60 bits per heavy atom. The molecule has 0 aromatic carbocycles. The van der Waals surface area contributed by atoms with Gasteiger partial charge in [-0.05, 0) is 58.9 Å². The van der Waals surface area contributed by atoms with Crippen LogP contribution in [0.5, 0.6) is 0 Å². The van der Waals surface area contributed by atoms with E-state index in [1.54, 1.807) is 0 Å². The molecular formula is C17H33NO2. The summed E-state index contributed by atoms with van der Waals surface area (Å²) in [6.45, 7) is 11.4. The molecule has 2 rings (SSSR count). The van der Waals surface area contributed by atoms with Gasteiger partial charge >= 0.3 is 0 Å². The summed E-state index contributed by atoms with van der Waals surface area (Å²) < 4.78 is 12.2. The average Bonchev–Trinajstić information content (AvgIpc) is 2.81. The first-order valence-electron chi connectivity index (χ1n) is 8.45. The Hall–Kier alpha value is -0.120. The van der Waals surface area contributed by atoms with Crippen LogP contribution in [-0.2, 0) is 9.47 Å². The normalized spacial score (nSPS) is 27.9. The van der Waals surface area contributed by atoms with Crippen molar-refractivity contribution in [3.8, 4) is 0 Å². The second kappa shape index (κ2) is 6.76. The van der Waals surface area contributed by atoms with Crippen molar-refractivity contribution < 1.29 is 9.47 Å². The van der Waals surface area contributed by atoms with Crippen LogP contribution >= 0.6 is 0 Å². The molecule has 2 atom stereocenters. The van der Waals surface area contributed by atoms with Gasteiger partial charge in [0, 0.05) is 12.6 Å². The van der Waals surface area contributed by atoms with Crippen molar-refractivity contribution in [2.24, 2.45) is 5.92 Å². The van der Waals surface area contributed by atoms with Gasteiger partial charge in [-0.25, -0.2) is 0 Å². The highest BCUT2D eigenvalue weighted by molar-refractivity contribution is 4.94. The molecule has 2 fully saturated rings. The van der Waals surface area contributed by atoms with Gasteiger partial charge in [-0.1, -0.05) is 19.8 Å². The largest absolute Gasteiger partial charge is 0.375 e. The summed E-state index contributed by atoms with van der Waals surface area (Å²) in [4.78, 5) is 0. The van der Waals surface area contributed by atoms with E-state index in [-0.39, 0.29) is 11.2 Å². The minimum absolute atomic E-state index is 0.0517. The van der Waals surface area contributed by atoms with Crippen LogP contribution < -0.4 is 5.32 Å². The summed E-state index contributed by atoms with van der Waals surface area (Å²) in [6, 6.07) is 0.473. The molecule has 1 aliphatic heterocycles. The predicted octanol–water partition coefficient (Wildman–Crippen LogP) is 3.52. The van der Waals surface area contributed by atoms with Gasteiger partial charge in [0.1, 0.15) is 0 Å². The maximum Gasteiger partial charge on any atom is 0.0685 e. The minimum Gasteiger partial charge on any atom is -0.375 e. The van der Waals surface area contributed by atoms with Crippen molar-refractivity contribution >= 4 is 0 Å². The summed E-state index contributed by atoms with van der Waals surface area (Å²) in [5.74, 6) is 0.698. The van der Waals surface area contributed by atoms with E-state index in [1.165, 1.54) is 38.5 Å². The highest BCUT2D eigenvalue weighted by Crippen LogP contribution is 2.42. The van der Waals surface area contributed by atoms with Crippen LogP contribution in [0.25, 0.3) is 0 Å². The molecular weight excluding hydrogens is 250 g/mol. The Labute approximate surface area is 124 Å². The van der Waals surface area contributed by atoms with Gasteiger partial charge in [0.2, 0.25) is 0 Å². The van der Waals surface area contributed by atoms with Crippen molar-refractivity contribution in [1.82, 2.24) is 5.32 Å². The predicted molar refractivity (Wildman–Crippen MR) is 83.0 cm³/mol. The first-order chi connectivity index (χ1) is 9.44. The van der Waals surface area contributed by atoms with Gasteiger partial charge in [-0.3, -0.25) is 0 Å². The number of ether oxygens (including phenoxy) is 2. The van der Waals surface area contributed by atoms with Crippen molar-refractivity contribution in [3.05, 3.63) is 0 Å². The molecule has 118 valence electrons. The fourth-order valence-electron chi connectivity index (χ4n) is 3.74. The lowest BCUT2D eigenvalue weighted by Crippen LogP contribution is -2.48. The van der Waals surface area contributed by atoms with Gasteiger partial charge in [0.25, 0.3) is 0 Å². The summed E-state index contributed by atoms with van der Waals surface area (Å²) in [5.41, 5.74) is 0.155. The molecule has 1 N–H and O–H groups in total. The number of hydrogen-bond acceptors (Lipinski definition) is 3. The number of nitrogens with one attached hydrogen (secondary N) is 1. The van der Waals surface area contributed by atoms with Gasteiger partial charge < -0.3 is 14.8 Å². The van der Waals surface area contributed by atoms with Gasteiger partial charge in [0.05, 0.1) is 17.8 Å².